The average molecular weight is 299 g/mol. The Morgan fingerprint density at radius 2 is 2.00 bits per heavy atom. The summed E-state index contributed by atoms with van der Waals surface area (Å²) in [5, 5.41) is 0.0306. The molecule has 0 aromatic heterocycles. The largest absolute Gasteiger partial charge is 0.338 e. The molecule has 3 nitrogen and oxygen atoms in total. The van der Waals surface area contributed by atoms with Gasteiger partial charge in [-0.3, -0.25) is 9.59 Å². The molecule has 1 aromatic carbocycles. The third-order valence-corrected chi connectivity index (χ3v) is 4.16. The van der Waals surface area contributed by atoms with Crippen LogP contribution in [0.1, 0.15) is 18.9 Å². The number of carbonyl (C=O) groups is 2. The van der Waals surface area contributed by atoms with E-state index in [1.807, 2.05) is 0 Å². The van der Waals surface area contributed by atoms with Crippen molar-refractivity contribution >= 4 is 22.8 Å². The Kier molecular flexibility index (Phi) is 4.75. The minimum atomic E-state index is -0.643. The zero-order valence-electron chi connectivity index (χ0n) is 11.1. The quantitative estimate of drug-likeness (QED) is 0.857. The number of benzene rings is 1. The van der Waals surface area contributed by atoms with Crippen molar-refractivity contribution in [1.29, 1.82) is 0 Å². The van der Waals surface area contributed by atoms with Crippen LogP contribution in [0.15, 0.2) is 18.2 Å². The van der Waals surface area contributed by atoms with Crippen LogP contribution < -0.4 is 0 Å². The molecule has 0 saturated carbocycles. The van der Waals surface area contributed by atoms with E-state index in [0.29, 0.717) is 24.3 Å². The smallest absolute Gasteiger partial charge is 0.223 e. The minimum Gasteiger partial charge on any atom is -0.338 e. The van der Waals surface area contributed by atoms with E-state index in [-0.39, 0.29) is 23.5 Å². The molecule has 0 N–H and O–H groups in total. The molecule has 108 valence electrons. The van der Waals surface area contributed by atoms with Gasteiger partial charge in [0.1, 0.15) is 11.6 Å². The molecule has 1 saturated heterocycles. The lowest BCUT2D eigenvalue weighted by molar-refractivity contribution is -0.128. The standard InChI is InChI=1S/C14H15F2NO2S/c1-9(18)20-8-11-4-14(19)17(7-11)6-10-2-12(15)5-13(16)3-10/h2-3,5,11H,4,6-8H2,1H3. The molecular weight excluding hydrogens is 284 g/mol. The number of rotatable bonds is 4. The van der Waals surface area contributed by atoms with Gasteiger partial charge in [0.2, 0.25) is 5.91 Å². The molecule has 1 heterocycles. The fourth-order valence-electron chi connectivity index (χ4n) is 2.28. The summed E-state index contributed by atoms with van der Waals surface area (Å²) in [6.45, 7) is 2.22. The Hall–Kier alpha value is -1.43. The second-order valence-electron chi connectivity index (χ2n) is 4.92. The van der Waals surface area contributed by atoms with Crippen LogP contribution in [-0.2, 0) is 16.1 Å². The van der Waals surface area contributed by atoms with Crippen molar-refractivity contribution in [3.05, 3.63) is 35.4 Å². The Bertz CT molecular complexity index is 516. The fraction of sp³-hybridized carbons (Fsp3) is 0.429. The van der Waals surface area contributed by atoms with Crippen LogP contribution in [0.4, 0.5) is 8.78 Å². The molecule has 0 aliphatic carbocycles. The lowest BCUT2D eigenvalue weighted by Gasteiger charge is -2.16. The summed E-state index contributed by atoms with van der Waals surface area (Å²) in [6.07, 6.45) is 0.387. The van der Waals surface area contributed by atoms with Crippen molar-refractivity contribution in [2.45, 2.75) is 19.9 Å². The molecule has 1 amide bonds. The maximum absolute atomic E-state index is 13.1. The number of nitrogens with zero attached hydrogens (tertiary/aromatic N) is 1. The van der Waals surface area contributed by atoms with E-state index < -0.39 is 11.6 Å². The molecule has 1 aliphatic heterocycles. The maximum Gasteiger partial charge on any atom is 0.223 e. The second-order valence-corrected chi connectivity index (χ2v) is 6.12. The Morgan fingerprint density at radius 3 is 2.60 bits per heavy atom. The molecule has 1 unspecified atom stereocenters. The Balaban J connectivity index is 1.96. The van der Waals surface area contributed by atoms with Gasteiger partial charge in [-0.05, 0) is 23.6 Å². The van der Waals surface area contributed by atoms with E-state index in [2.05, 4.69) is 0 Å². The van der Waals surface area contributed by atoms with Crippen molar-refractivity contribution in [2.75, 3.05) is 12.3 Å². The van der Waals surface area contributed by atoms with Crippen molar-refractivity contribution in [3.63, 3.8) is 0 Å². The first-order valence-corrected chi connectivity index (χ1v) is 7.28. The number of amides is 1. The van der Waals surface area contributed by atoms with E-state index in [4.69, 9.17) is 0 Å². The number of hydrogen-bond donors (Lipinski definition) is 0. The van der Waals surface area contributed by atoms with Gasteiger partial charge in [0.15, 0.2) is 5.12 Å². The van der Waals surface area contributed by atoms with E-state index in [1.54, 1.807) is 4.90 Å². The molecule has 0 spiro atoms. The monoisotopic (exact) mass is 299 g/mol. The number of halogens is 2. The van der Waals surface area contributed by atoms with Crippen LogP contribution >= 0.6 is 11.8 Å². The summed E-state index contributed by atoms with van der Waals surface area (Å²) in [5.74, 6) is -0.598. The zero-order valence-corrected chi connectivity index (χ0v) is 11.9. The number of carbonyl (C=O) groups excluding carboxylic acids is 2. The zero-order chi connectivity index (χ0) is 14.7. The highest BCUT2D eigenvalue weighted by molar-refractivity contribution is 8.13. The maximum atomic E-state index is 13.1. The predicted octanol–water partition coefficient (Wildman–Crippen LogP) is 2.59. The molecule has 0 bridgehead atoms. The highest BCUT2D eigenvalue weighted by Gasteiger charge is 2.29. The van der Waals surface area contributed by atoms with E-state index in [9.17, 15) is 18.4 Å². The van der Waals surface area contributed by atoms with Gasteiger partial charge >= 0.3 is 0 Å². The van der Waals surface area contributed by atoms with Crippen LogP contribution in [0.3, 0.4) is 0 Å². The lowest BCUT2D eigenvalue weighted by Crippen LogP contribution is -2.25. The summed E-state index contributed by atoms with van der Waals surface area (Å²) in [6, 6.07) is 3.27. The van der Waals surface area contributed by atoms with Crippen molar-refractivity contribution in [2.24, 2.45) is 5.92 Å². The van der Waals surface area contributed by atoms with Gasteiger partial charge in [-0.15, -0.1) is 0 Å². The number of likely N-dealkylation sites (tertiary alicyclic amines) is 1. The van der Waals surface area contributed by atoms with Crippen molar-refractivity contribution < 1.29 is 18.4 Å². The van der Waals surface area contributed by atoms with Gasteiger partial charge in [0, 0.05) is 38.3 Å². The third-order valence-electron chi connectivity index (χ3n) is 3.11. The topological polar surface area (TPSA) is 37.4 Å². The summed E-state index contributed by atoms with van der Waals surface area (Å²) in [4.78, 5) is 24.3. The molecule has 1 fully saturated rings. The number of thioether (sulfide) groups is 1. The van der Waals surface area contributed by atoms with Crippen LogP contribution in [0.25, 0.3) is 0 Å². The first-order valence-electron chi connectivity index (χ1n) is 6.30. The van der Waals surface area contributed by atoms with Gasteiger partial charge in [-0.2, -0.15) is 0 Å². The van der Waals surface area contributed by atoms with Crippen LogP contribution in [0, 0.1) is 17.6 Å². The summed E-state index contributed by atoms with van der Waals surface area (Å²) in [7, 11) is 0. The summed E-state index contributed by atoms with van der Waals surface area (Å²) >= 11 is 1.21. The predicted molar refractivity (Wildman–Crippen MR) is 73.0 cm³/mol. The first-order chi connectivity index (χ1) is 9.44. The molecular formula is C14H15F2NO2S. The molecule has 1 atom stereocenters. The van der Waals surface area contributed by atoms with E-state index >= 15 is 0 Å². The molecule has 1 aliphatic rings. The lowest BCUT2D eigenvalue weighted by atomic mass is 10.1. The van der Waals surface area contributed by atoms with Gasteiger partial charge in [0.25, 0.3) is 0 Å². The average Bonchev–Trinajstić information content (AvgIpc) is 2.66. The SMILES string of the molecule is CC(=O)SCC1CC(=O)N(Cc2cc(F)cc(F)c2)C1. The highest BCUT2D eigenvalue weighted by atomic mass is 32.2. The Morgan fingerprint density at radius 1 is 1.35 bits per heavy atom. The molecule has 2 rings (SSSR count). The Labute approximate surface area is 120 Å². The van der Waals surface area contributed by atoms with Crippen LogP contribution in [0.5, 0.6) is 0 Å². The van der Waals surface area contributed by atoms with Crippen molar-refractivity contribution in [1.82, 2.24) is 4.90 Å². The molecule has 1 aromatic rings. The first kappa shape index (κ1) is 15.0. The summed E-state index contributed by atoms with van der Waals surface area (Å²) in [5.41, 5.74) is 0.440. The van der Waals surface area contributed by atoms with Gasteiger partial charge in [0.05, 0.1) is 0 Å². The minimum absolute atomic E-state index is 0.0306. The number of hydrogen-bond acceptors (Lipinski definition) is 3. The highest BCUT2D eigenvalue weighted by Crippen LogP contribution is 2.24. The van der Waals surface area contributed by atoms with Gasteiger partial charge in [-0.25, -0.2) is 8.78 Å². The van der Waals surface area contributed by atoms with Gasteiger partial charge < -0.3 is 4.90 Å². The fourth-order valence-corrected chi connectivity index (χ4v) is 2.97. The normalized spacial score (nSPS) is 18.6. The van der Waals surface area contributed by atoms with Crippen molar-refractivity contribution in [3.8, 4) is 0 Å². The molecule has 0 radical (unpaired) electrons. The van der Waals surface area contributed by atoms with E-state index in [0.717, 1.165) is 6.07 Å². The summed E-state index contributed by atoms with van der Waals surface area (Å²) < 4.78 is 26.2. The molecule has 6 heteroatoms. The van der Waals surface area contributed by atoms with Crippen LogP contribution in [-0.4, -0.2) is 28.2 Å². The van der Waals surface area contributed by atoms with Crippen LogP contribution in [0.2, 0.25) is 0 Å². The third kappa shape index (κ3) is 4.03. The molecule has 20 heavy (non-hydrogen) atoms. The van der Waals surface area contributed by atoms with Gasteiger partial charge in [-0.1, -0.05) is 11.8 Å². The van der Waals surface area contributed by atoms with E-state index in [1.165, 1.54) is 30.8 Å². The second kappa shape index (κ2) is 6.35.